The molecule has 3 nitrogen and oxygen atoms in total. The maximum absolute atomic E-state index is 11.8. The van der Waals surface area contributed by atoms with Gasteiger partial charge in [0.25, 0.3) is 0 Å². The largest absolute Gasteiger partial charge is 0.393 e. The maximum Gasteiger partial charge on any atom is 0.220 e. The number of aliphatic hydroxyl groups is 1. The van der Waals surface area contributed by atoms with E-state index in [0.717, 1.165) is 48.9 Å². The summed E-state index contributed by atoms with van der Waals surface area (Å²) in [5, 5.41) is 12.5. The first kappa shape index (κ1) is 16.0. The van der Waals surface area contributed by atoms with E-state index in [2.05, 4.69) is 33.4 Å². The number of hydrogen-bond donors (Lipinski definition) is 2. The summed E-state index contributed by atoms with van der Waals surface area (Å²) in [5.74, 6) is 0.711. The molecule has 0 unspecified atom stereocenters. The first-order valence-corrected chi connectivity index (χ1v) is 8.93. The van der Waals surface area contributed by atoms with Gasteiger partial charge in [-0.1, -0.05) is 0 Å². The summed E-state index contributed by atoms with van der Waals surface area (Å²) in [6, 6.07) is 4.16. The van der Waals surface area contributed by atoms with Crippen LogP contribution in [0.2, 0.25) is 0 Å². The average Bonchev–Trinajstić information content (AvgIpc) is 2.84. The fourth-order valence-corrected chi connectivity index (χ4v) is 4.13. The van der Waals surface area contributed by atoms with Crippen LogP contribution in [0.25, 0.3) is 0 Å². The van der Waals surface area contributed by atoms with Crippen molar-refractivity contribution in [1.29, 1.82) is 0 Å². The number of nitrogens with one attached hydrogen (secondary N) is 1. The second-order valence-electron chi connectivity index (χ2n) is 5.54. The molecule has 2 N–H and O–H groups in total. The maximum atomic E-state index is 11.8. The summed E-state index contributed by atoms with van der Waals surface area (Å²) >= 11 is 5.18. The Morgan fingerprint density at radius 2 is 2.10 bits per heavy atom. The third-order valence-electron chi connectivity index (χ3n) is 3.86. The molecule has 5 heteroatoms. The van der Waals surface area contributed by atoms with Crippen molar-refractivity contribution in [2.75, 3.05) is 6.54 Å². The molecule has 0 aromatic carbocycles. The van der Waals surface area contributed by atoms with Gasteiger partial charge in [-0.25, -0.2) is 0 Å². The monoisotopic (exact) mass is 359 g/mol. The van der Waals surface area contributed by atoms with Gasteiger partial charge < -0.3 is 10.4 Å². The molecular weight excluding hydrogens is 338 g/mol. The lowest BCUT2D eigenvalue weighted by Crippen LogP contribution is -2.32. The van der Waals surface area contributed by atoms with Crippen LogP contribution in [0.4, 0.5) is 0 Å². The van der Waals surface area contributed by atoms with Crippen LogP contribution >= 0.6 is 27.3 Å². The van der Waals surface area contributed by atoms with E-state index in [-0.39, 0.29) is 12.0 Å². The Labute approximate surface area is 132 Å². The van der Waals surface area contributed by atoms with Gasteiger partial charge in [0.05, 0.1) is 9.89 Å². The van der Waals surface area contributed by atoms with Gasteiger partial charge in [-0.2, -0.15) is 0 Å². The number of carbonyl (C=O) groups excluding carboxylic acids is 1. The number of aliphatic hydroxyl groups excluding tert-OH is 1. The van der Waals surface area contributed by atoms with Crippen LogP contribution < -0.4 is 5.32 Å². The van der Waals surface area contributed by atoms with Gasteiger partial charge >= 0.3 is 0 Å². The highest BCUT2D eigenvalue weighted by molar-refractivity contribution is 9.11. The van der Waals surface area contributed by atoms with Crippen molar-refractivity contribution in [2.24, 2.45) is 5.92 Å². The zero-order valence-corrected chi connectivity index (χ0v) is 14.0. The summed E-state index contributed by atoms with van der Waals surface area (Å²) in [6.07, 6.45) is 6.19. The van der Waals surface area contributed by atoms with E-state index in [0.29, 0.717) is 12.3 Å². The smallest absolute Gasteiger partial charge is 0.220 e. The van der Waals surface area contributed by atoms with E-state index in [9.17, 15) is 9.90 Å². The molecule has 0 atom stereocenters. The number of rotatable bonds is 6. The molecule has 1 aliphatic carbocycles. The quantitative estimate of drug-likeness (QED) is 0.816. The molecule has 1 heterocycles. The molecule has 1 amide bonds. The lowest BCUT2D eigenvalue weighted by Gasteiger charge is -2.25. The number of halogens is 1. The van der Waals surface area contributed by atoms with Gasteiger partial charge in [0, 0.05) is 17.8 Å². The first-order valence-electron chi connectivity index (χ1n) is 7.32. The van der Waals surface area contributed by atoms with Gasteiger partial charge in [0.2, 0.25) is 5.91 Å². The summed E-state index contributed by atoms with van der Waals surface area (Å²) < 4.78 is 1.15. The molecule has 1 fully saturated rings. The molecule has 20 heavy (non-hydrogen) atoms. The third-order valence-corrected chi connectivity index (χ3v) is 5.54. The van der Waals surface area contributed by atoms with Gasteiger partial charge in [-0.3, -0.25) is 4.79 Å². The van der Waals surface area contributed by atoms with Crippen LogP contribution in [0, 0.1) is 5.92 Å². The van der Waals surface area contributed by atoms with Gasteiger partial charge in [-0.15, -0.1) is 11.3 Å². The predicted octanol–water partition coefficient (Wildman–Crippen LogP) is 3.50. The molecule has 112 valence electrons. The topological polar surface area (TPSA) is 49.3 Å². The van der Waals surface area contributed by atoms with E-state index in [1.54, 1.807) is 11.3 Å². The molecule has 1 saturated carbocycles. The van der Waals surface area contributed by atoms with Crippen LogP contribution in [0.5, 0.6) is 0 Å². The van der Waals surface area contributed by atoms with Crippen molar-refractivity contribution in [1.82, 2.24) is 5.32 Å². The van der Waals surface area contributed by atoms with Crippen LogP contribution in [0.3, 0.4) is 0 Å². The van der Waals surface area contributed by atoms with E-state index < -0.39 is 0 Å². The Kier molecular flexibility index (Phi) is 6.52. The van der Waals surface area contributed by atoms with Crippen LogP contribution in [-0.4, -0.2) is 23.7 Å². The molecule has 1 aromatic rings. The fraction of sp³-hybridized carbons (Fsp3) is 0.667. The van der Waals surface area contributed by atoms with Crippen molar-refractivity contribution in [3.63, 3.8) is 0 Å². The summed E-state index contributed by atoms with van der Waals surface area (Å²) in [6.45, 7) is 0.774. The molecule has 2 rings (SSSR count). The van der Waals surface area contributed by atoms with E-state index in [1.165, 1.54) is 4.88 Å². The van der Waals surface area contributed by atoms with Gasteiger partial charge in [0.1, 0.15) is 0 Å². The van der Waals surface area contributed by atoms with E-state index in [4.69, 9.17) is 0 Å². The number of aryl methyl sites for hydroxylation is 1. The number of amides is 1. The standard InChI is InChI=1S/C15H22BrNO2S/c16-14-9-8-13(20-14)2-1-3-15(19)17-10-11-4-6-12(18)7-5-11/h8-9,11-12,18H,1-7,10H2,(H,17,19). The first-order chi connectivity index (χ1) is 9.63. The minimum atomic E-state index is -0.118. The van der Waals surface area contributed by atoms with E-state index in [1.807, 2.05) is 0 Å². The van der Waals surface area contributed by atoms with Crippen LogP contribution in [0.1, 0.15) is 43.4 Å². The predicted molar refractivity (Wildman–Crippen MR) is 85.9 cm³/mol. The minimum absolute atomic E-state index is 0.118. The zero-order chi connectivity index (χ0) is 14.4. The highest BCUT2D eigenvalue weighted by Crippen LogP contribution is 2.24. The normalized spacial score (nSPS) is 22.7. The Bertz CT molecular complexity index is 427. The Morgan fingerprint density at radius 1 is 1.35 bits per heavy atom. The lowest BCUT2D eigenvalue weighted by molar-refractivity contribution is -0.121. The minimum Gasteiger partial charge on any atom is -0.393 e. The summed E-state index contributed by atoms with van der Waals surface area (Å²) in [7, 11) is 0. The number of thiophene rings is 1. The van der Waals surface area contributed by atoms with Crippen LogP contribution in [0.15, 0.2) is 15.9 Å². The second kappa shape index (κ2) is 8.15. The zero-order valence-electron chi connectivity index (χ0n) is 11.6. The molecule has 0 saturated heterocycles. The molecule has 1 aromatic heterocycles. The number of carbonyl (C=O) groups is 1. The van der Waals surface area contributed by atoms with Crippen LogP contribution in [-0.2, 0) is 11.2 Å². The molecule has 0 spiro atoms. The van der Waals surface area contributed by atoms with Crippen molar-refractivity contribution < 1.29 is 9.90 Å². The Balaban J connectivity index is 1.56. The van der Waals surface area contributed by atoms with Crippen molar-refractivity contribution >= 4 is 33.2 Å². The molecule has 1 aliphatic rings. The SMILES string of the molecule is O=C(CCCc1ccc(Br)s1)NCC1CCC(O)CC1. The Morgan fingerprint density at radius 3 is 2.75 bits per heavy atom. The molecule has 0 bridgehead atoms. The van der Waals surface area contributed by atoms with Crippen molar-refractivity contribution in [2.45, 2.75) is 51.0 Å². The number of hydrogen-bond acceptors (Lipinski definition) is 3. The second-order valence-corrected chi connectivity index (χ2v) is 8.09. The Hall–Kier alpha value is -0.390. The van der Waals surface area contributed by atoms with Gasteiger partial charge in [0.15, 0.2) is 0 Å². The van der Waals surface area contributed by atoms with E-state index >= 15 is 0 Å². The lowest BCUT2D eigenvalue weighted by atomic mass is 9.87. The third kappa shape index (κ3) is 5.54. The fourth-order valence-electron chi connectivity index (χ4n) is 2.60. The average molecular weight is 360 g/mol. The summed E-state index contributed by atoms with van der Waals surface area (Å²) in [4.78, 5) is 13.1. The van der Waals surface area contributed by atoms with Gasteiger partial charge in [-0.05, 0) is 72.5 Å². The molecular formula is C15H22BrNO2S. The van der Waals surface area contributed by atoms with Crippen molar-refractivity contribution in [3.05, 3.63) is 20.8 Å². The van der Waals surface area contributed by atoms with Crippen molar-refractivity contribution in [3.8, 4) is 0 Å². The summed E-state index contributed by atoms with van der Waals surface area (Å²) in [5.41, 5.74) is 0. The highest BCUT2D eigenvalue weighted by atomic mass is 79.9. The highest BCUT2D eigenvalue weighted by Gasteiger charge is 2.19. The molecule has 0 aliphatic heterocycles. The molecule has 0 radical (unpaired) electrons.